The molecule has 0 spiro atoms. The molecule has 2 rings (SSSR count). The maximum Gasteiger partial charge on any atom is 0.0991 e. The lowest BCUT2D eigenvalue weighted by atomic mass is 9.99. The zero-order valence-electron chi connectivity index (χ0n) is 6.56. The fraction of sp³-hybridized carbons (Fsp3) is 0.444. The van der Waals surface area contributed by atoms with Crippen LogP contribution in [0.2, 0.25) is 0 Å². The van der Waals surface area contributed by atoms with Crippen molar-refractivity contribution in [1.82, 2.24) is 0 Å². The van der Waals surface area contributed by atoms with E-state index < -0.39 is 0 Å². The second kappa shape index (κ2) is 3.26. The highest BCUT2D eigenvalue weighted by Crippen LogP contribution is 2.34. The van der Waals surface area contributed by atoms with Crippen LogP contribution in [0.15, 0.2) is 16.8 Å². The summed E-state index contributed by atoms with van der Waals surface area (Å²) in [6.07, 6.45) is 0.901. The van der Waals surface area contributed by atoms with E-state index in [1.807, 2.05) is 11.4 Å². The van der Waals surface area contributed by atoms with E-state index in [0.717, 1.165) is 18.6 Å². The van der Waals surface area contributed by atoms with Gasteiger partial charge < -0.3 is 4.74 Å². The van der Waals surface area contributed by atoms with Crippen LogP contribution >= 0.6 is 11.3 Å². The molecular formula is C9H9NOS. The normalized spacial score (nSPS) is 28.6. The van der Waals surface area contributed by atoms with E-state index in [4.69, 9.17) is 10.00 Å². The van der Waals surface area contributed by atoms with Gasteiger partial charge in [0, 0.05) is 6.61 Å². The Bertz CT molecular complexity index is 288. The highest BCUT2D eigenvalue weighted by atomic mass is 32.1. The summed E-state index contributed by atoms with van der Waals surface area (Å²) >= 11 is 1.65. The molecule has 62 valence electrons. The second-order valence-corrected chi connectivity index (χ2v) is 3.65. The van der Waals surface area contributed by atoms with Crippen molar-refractivity contribution in [2.24, 2.45) is 5.92 Å². The molecule has 0 amide bonds. The molecule has 2 unspecified atom stereocenters. The Labute approximate surface area is 75.4 Å². The first-order valence-corrected chi connectivity index (χ1v) is 4.89. The molecule has 0 aromatic carbocycles. The fourth-order valence-corrected chi connectivity index (χ4v) is 2.17. The predicted molar refractivity (Wildman–Crippen MR) is 46.7 cm³/mol. The third-order valence-electron chi connectivity index (χ3n) is 2.13. The Morgan fingerprint density at radius 1 is 1.67 bits per heavy atom. The van der Waals surface area contributed by atoms with Crippen molar-refractivity contribution in [2.75, 3.05) is 6.61 Å². The topological polar surface area (TPSA) is 33.0 Å². The Balaban J connectivity index is 2.20. The van der Waals surface area contributed by atoms with Gasteiger partial charge >= 0.3 is 0 Å². The summed E-state index contributed by atoms with van der Waals surface area (Å²) in [5.74, 6) is 0.0552. The van der Waals surface area contributed by atoms with E-state index in [2.05, 4.69) is 11.4 Å². The molecule has 1 fully saturated rings. The number of hydrogen-bond acceptors (Lipinski definition) is 3. The van der Waals surface area contributed by atoms with Gasteiger partial charge in [0.05, 0.1) is 18.1 Å². The van der Waals surface area contributed by atoms with Crippen LogP contribution in [-0.2, 0) is 4.74 Å². The summed E-state index contributed by atoms with van der Waals surface area (Å²) in [5, 5.41) is 12.9. The molecule has 0 N–H and O–H groups in total. The highest BCUT2D eigenvalue weighted by molar-refractivity contribution is 7.07. The Kier molecular flexibility index (Phi) is 2.11. The van der Waals surface area contributed by atoms with Gasteiger partial charge in [-0.3, -0.25) is 0 Å². The quantitative estimate of drug-likeness (QED) is 0.663. The first-order chi connectivity index (χ1) is 5.92. The molecule has 1 saturated heterocycles. The molecule has 0 radical (unpaired) electrons. The van der Waals surface area contributed by atoms with Crippen molar-refractivity contribution in [3.63, 3.8) is 0 Å². The molecule has 1 aromatic rings. The van der Waals surface area contributed by atoms with Crippen molar-refractivity contribution in [3.8, 4) is 6.07 Å². The zero-order valence-corrected chi connectivity index (χ0v) is 7.38. The highest BCUT2D eigenvalue weighted by Gasteiger charge is 2.29. The number of rotatable bonds is 1. The van der Waals surface area contributed by atoms with E-state index in [1.165, 1.54) is 0 Å². The van der Waals surface area contributed by atoms with Crippen LogP contribution in [0.4, 0.5) is 0 Å². The van der Waals surface area contributed by atoms with Crippen LogP contribution < -0.4 is 0 Å². The summed E-state index contributed by atoms with van der Waals surface area (Å²) < 4.78 is 5.48. The first-order valence-electron chi connectivity index (χ1n) is 3.95. The lowest BCUT2D eigenvalue weighted by molar-refractivity contribution is 0.101. The number of nitriles is 1. The third-order valence-corrected chi connectivity index (χ3v) is 2.83. The van der Waals surface area contributed by atoms with Crippen LogP contribution in [0, 0.1) is 17.2 Å². The minimum absolute atomic E-state index is 0.0289. The lowest BCUT2D eigenvalue weighted by Crippen LogP contribution is -2.03. The molecule has 3 heteroatoms. The maximum absolute atomic E-state index is 8.81. The first kappa shape index (κ1) is 7.78. The lowest BCUT2D eigenvalue weighted by Gasteiger charge is -2.09. The minimum atomic E-state index is 0.0289. The van der Waals surface area contributed by atoms with Gasteiger partial charge in [0.15, 0.2) is 0 Å². The molecule has 2 nitrogen and oxygen atoms in total. The molecule has 1 aliphatic heterocycles. The number of nitrogens with zero attached hydrogens (tertiary/aromatic N) is 1. The number of hydrogen-bond donors (Lipinski definition) is 0. The van der Waals surface area contributed by atoms with Crippen LogP contribution in [-0.4, -0.2) is 6.61 Å². The number of thiophene rings is 1. The monoisotopic (exact) mass is 179 g/mol. The van der Waals surface area contributed by atoms with E-state index in [9.17, 15) is 0 Å². The molecule has 1 aliphatic rings. The van der Waals surface area contributed by atoms with E-state index in [-0.39, 0.29) is 12.0 Å². The van der Waals surface area contributed by atoms with Gasteiger partial charge in [-0.05, 0) is 28.8 Å². The van der Waals surface area contributed by atoms with Crippen molar-refractivity contribution in [3.05, 3.63) is 22.4 Å². The van der Waals surface area contributed by atoms with Gasteiger partial charge in [-0.25, -0.2) is 0 Å². The summed E-state index contributed by atoms with van der Waals surface area (Å²) in [7, 11) is 0. The van der Waals surface area contributed by atoms with Gasteiger partial charge in [-0.1, -0.05) is 0 Å². The molecular weight excluding hydrogens is 170 g/mol. The van der Waals surface area contributed by atoms with Crippen molar-refractivity contribution in [2.45, 2.75) is 12.5 Å². The Morgan fingerprint density at radius 3 is 3.25 bits per heavy atom. The van der Waals surface area contributed by atoms with Crippen molar-refractivity contribution >= 4 is 11.3 Å². The summed E-state index contributed by atoms with van der Waals surface area (Å²) in [6.45, 7) is 0.721. The van der Waals surface area contributed by atoms with Crippen molar-refractivity contribution < 1.29 is 4.74 Å². The Hall–Kier alpha value is -0.850. The average Bonchev–Trinajstić information content (AvgIpc) is 2.74. The SMILES string of the molecule is N#CC1CCOC1c1ccsc1. The smallest absolute Gasteiger partial charge is 0.0991 e. The molecule has 1 aromatic heterocycles. The average molecular weight is 179 g/mol. The molecule has 0 aliphatic carbocycles. The molecule has 2 heterocycles. The van der Waals surface area contributed by atoms with Crippen LogP contribution in [0.5, 0.6) is 0 Å². The predicted octanol–water partition coefficient (Wildman–Crippen LogP) is 2.35. The molecule has 0 saturated carbocycles. The zero-order chi connectivity index (χ0) is 8.39. The standard InChI is InChI=1S/C9H9NOS/c10-5-7-1-3-11-9(7)8-2-4-12-6-8/h2,4,6-7,9H,1,3H2. The molecule has 2 atom stereocenters. The fourth-order valence-electron chi connectivity index (χ4n) is 1.49. The van der Waals surface area contributed by atoms with E-state index in [1.54, 1.807) is 11.3 Å². The van der Waals surface area contributed by atoms with Gasteiger partial charge in [0.25, 0.3) is 0 Å². The maximum atomic E-state index is 8.81. The minimum Gasteiger partial charge on any atom is -0.372 e. The van der Waals surface area contributed by atoms with Crippen LogP contribution in [0.3, 0.4) is 0 Å². The van der Waals surface area contributed by atoms with Gasteiger partial charge in [-0.2, -0.15) is 16.6 Å². The molecule has 0 bridgehead atoms. The van der Waals surface area contributed by atoms with Crippen molar-refractivity contribution in [1.29, 1.82) is 5.26 Å². The second-order valence-electron chi connectivity index (χ2n) is 2.87. The van der Waals surface area contributed by atoms with Crippen LogP contribution in [0.1, 0.15) is 18.1 Å². The third kappa shape index (κ3) is 1.24. The number of ether oxygens (including phenoxy) is 1. The Morgan fingerprint density at radius 2 is 2.58 bits per heavy atom. The summed E-state index contributed by atoms with van der Waals surface area (Å²) in [5.41, 5.74) is 1.16. The van der Waals surface area contributed by atoms with Crippen LogP contribution in [0.25, 0.3) is 0 Å². The van der Waals surface area contributed by atoms with Gasteiger partial charge in [-0.15, -0.1) is 0 Å². The van der Waals surface area contributed by atoms with E-state index >= 15 is 0 Å². The van der Waals surface area contributed by atoms with Gasteiger partial charge in [0.1, 0.15) is 0 Å². The summed E-state index contributed by atoms with van der Waals surface area (Å²) in [6, 6.07) is 4.31. The molecule has 12 heavy (non-hydrogen) atoms. The van der Waals surface area contributed by atoms with E-state index in [0.29, 0.717) is 0 Å². The summed E-state index contributed by atoms with van der Waals surface area (Å²) in [4.78, 5) is 0. The van der Waals surface area contributed by atoms with Gasteiger partial charge in [0.2, 0.25) is 0 Å². The largest absolute Gasteiger partial charge is 0.372 e.